The van der Waals surface area contributed by atoms with Gasteiger partial charge in [-0.2, -0.15) is 0 Å². The van der Waals surface area contributed by atoms with Crippen molar-refractivity contribution >= 4 is 0 Å². The van der Waals surface area contributed by atoms with Crippen LogP contribution in [0.1, 0.15) is 13.8 Å². The highest BCUT2D eigenvalue weighted by Gasteiger charge is 2.07. The Labute approximate surface area is 56.3 Å². The predicted octanol–water partition coefficient (Wildman–Crippen LogP) is 0.471. The Hall–Kier alpha value is -0.500. The average molecular weight is 126 g/mol. The van der Waals surface area contributed by atoms with Gasteiger partial charge in [0.15, 0.2) is 0 Å². The number of hydrogen-bond donors (Lipinski definition) is 2. The first-order chi connectivity index (χ1) is 4.33. The van der Waals surface area contributed by atoms with Gasteiger partial charge in [-0.15, -0.1) is 0 Å². The Bertz CT molecular complexity index is 108. The van der Waals surface area contributed by atoms with E-state index < -0.39 is 0 Å². The van der Waals surface area contributed by atoms with Crippen LogP contribution < -0.4 is 10.6 Å². The molecule has 2 N–H and O–H groups in total. The standard InChI is InChI=1S/C7H14N2/c1-3-7-5-8-6(2)4-9-7/h3,6,8-9H,4-5H2,1-2H3/b7-3+. The van der Waals surface area contributed by atoms with Crippen LogP contribution in [0.5, 0.6) is 0 Å². The van der Waals surface area contributed by atoms with Crippen molar-refractivity contribution in [1.29, 1.82) is 0 Å². The molecule has 52 valence electrons. The second-order valence-electron chi connectivity index (χ2n) is 2.48. The zero-order valence-corrected chi connectivity index (χ0v) is 6.07. The highest BCUT2D eigenvalue weighted by atomic mass is 15.1. The van der Waals surface area contributed by atoms with Gasteiger partial charge in [0, 0.05) is 24.8 Å². The number of allylic oxidation sites excluding steroid dienone is 1. The molecule has 0 aromatic carbocycles. The van der Waals surface area contributed by atoms with Gasteiger partial charge in [0.25, 0.3) is 0 Å². The van der Waals surface area contributed by atoms with Gasteiger partial charge in [0.2, 0.25) is 0 Å². The molecule has 1 heterocycles. The van der Waals surface area contributed by atoms with Gasteiger partial charge in [0.1, 0.15) is 0 Å². The maximum Gasteiger partial charge on any atom is 0.0353 e. The van der Waals surface area contributed by atoms with Crippen LogP contribution in [0.4, 0.5) is 0 Å². The minimum atomic E-state index is 0.619. The molecule has 0 amide bonds. The Morgan fingerprint density at radius 2 is 2.44 bits per heavy atom. The maximum absolute atomic E-state index is 3.35. The van der Waals surface area contributed by atoms with Crippen molar-refractivity contribution in [2.75, 3.05) is 13.1 Å². The summed E-state index contributed by atoms with van der Waals surface area (Å²) in [5.74, 6) is 0. The number of hydrogen-bond acceptors (Lipinski definition) is 2. The molecule has 0 saturated carbocycles. The average Bonchev–Trinajstić information content (AvgIpc) is 1.90. The van der Waals surface area contributed by atoms with Crippen molar-refractivity contribution in [3.63, 3.8) is 0 Å². The van der Waals surface area contributed by atoms with Crippen LogP contribution in [0.2, 0.25) is 0 Å². The van der Waals surface area contributed by atoms with Gasteiger partial charge < -0.3 is 10.6 Å². The lowest BCUT2D eigenvalue weighted by Gasteiger charge is -2.23. The topological polar surface area (TPSA) is 24.1 Å². The monoisotopic (exact) mass is 126 g/mol. The van der Waals surface area contributed by atoms with Crippen LogP contribution in [0.3, 0.4) is 0 Å². The van der Waals surface area contributed by atoms with Crippen LogP contribution in [-0.4, -0.2) is 19.1 Å². The quantitative estimate of drug-likeness (QED) is 0.493. The van der Waals surface area contributed by atoms with E-state index >= 15 is 0 Å². The van der Waals surface area contributed by atoms with Crippen molar-refractivity contribution < 1.29 is 0 Å². The predicted molar refractivity (Wildman–Crippen MR) is 39.2 cm³/mol. The first-order valence-electron chi connectivity index (χ1n) is 3.45. The molecule has 0 radical (unpaired) electrons. The molecule has 0 spiro atoms. The molecule has 0 aromatic rings. The molecule has 2 heteroatoms. The summed E-state index contributed by atoms with van der Waals surface area (Å²) in [7, 11) is 0. The lowest BCUT2D eigenvalue weighted by molar-refractivity contribution is 0.487. The van der Waals surface area contributed by atoms with Crippen LogP contribution in [0.15, 0.2) is 11.8 Å². The molecule has 1 saturated heterocycles. The third-order valence-corrected chi connectivity index (χ3v) is 1.62. The van der Waals surface area contributed by atoms with E-state index in [4.69, 9.17) is 0 Å². The van der Waals surface area contributed by atoms with E-state index in [1.54, 1.807) is 0 Å². The van der Waals surface area contributed by atoms with E-state index in [-0.39, 0.29) is 0 Å². The van der Waals surface area contributed by atoms with Crippen molar-refractivity contribution in [2.24, 2.45) is 0 Å². The number of rotatable bonds is 0. The summed E-state index contributed by atoms with van der Waals surface area (Å²) in [5.41, 5.74) is 1.31. The van der Waals surface area contributed by atoms with Gasteiger partial charge in [-0.1, -0.05) is 6.08 Å². The zero-order valence-electron chi connectivity index (χ0n) is 6.07. The minimum absolute atomic E-state index is 0.619. The van der Waals surface area contributed by atoms with Gasteiger partial charge >= 0.3 is 0 Å². The van der Waals surface area contributed by atoms with Crippen LogP contribution in [-0.2, 0) is 0 Å². The van der Waals surface area contributed by atoms with E-state index in [9.17, 15) is 0 Å². The van der Waals surface area contributed by atoms with E-state index in [2.05, 4.69) is 30.6 Å². The van der Waals surface area contributed by atoms with Gasteiger partial charge in [0.05, 0.1) is 0 Å². The van der Waals surface area contributed by atoms with Gasteiger partial charge in [-0.3, -0.25) is 0 Å². The minimum Gasteiger partial charge on any atom is -0.386 e. The lowest BCUT2D eigenvalue weighted by atomic mass is 10.2. The number of nitrogens with one attached hydrogen (secondary N) is 2. The SMILES string of the molecule is C/C=C1\CNC(C)CN1. The molecule has 2 nitrogen and oxygen atoms in total. The summed E-state index contributed by atoms with van der Waals surface area (Å²) in [6, 6.07) is 0.619. The number of piperazine rings is 1. The molecule has 9 heavy (non-hydrogen) atoms. The third kappa shape index (κ3) is 1.72. The molecule has 1 rings (SSSR count). The normalized spacial score (nSPS) is 32.2. The molecule has 1 aliphatic rings. The van der Waals surface area contributed by atoms with E-state index in [1.165, 1.54) is 5.70 Å². The second kappa shape index (κ2) is 2.87. The highest BCUT2D eigenvalue weighted by molar-refractivity contribution is 5.03. The molecular formula is C7H14N2. The fraction of sp³-hybridized carbons (Fsp3) is 0.714. The Morgan fingerprint density at radius 3 is 2.89 bits per heavy atom. The fourth-order valence-electron chi connectivity index (χ4n) is 0.907. The van der Waals surface area contributed by atoms with Crippen LogP contribution >= 0.6 is 0 Å². The lowest BCUT2D eigenvalue weighted by Crippen LogP contribution is -2.44. The van der Waals surface area contributed by atoms with Crippen molar-refractivity contribution in [3.05, 3.63) is 11.8 Å². The Balaban J connectivity index is 2.35. The third-order valence-electron chi connectivity index (χ3n) is 1.62. The summed E-state index contributed by atoms with van der Waals surface area (Å²) < 4.78 is 0. The van der Waals surface area contributed by atoms with E-state index in [0.29, 0.717) is 6.04 Å². The highest BCUT2D eigenvalue weighted by Crippen LogP contribution is 1.94. The van der Waals surface area contributed by atoms with Crippen LogP contribution in [0, 0.1) is 0 Å². The molecule has 0 aromatic heterocycles. The smallest absolute Gasteiger partial charge is 0.0353 e. The molecule has 0 aliphatic carbocycles. The van der Waals surface area contributed by atoms with Crippen molar-refractivity contribution in [2.45, 2.75) is 19.9 Å². The molecule has 1 unspecified atom stereocenters. The summed E-state index contributed by atoms with van der Waals surface area (Å²) in [5, 5.41) is 6.67. The van der Waals surface area contributed by atoms with Crippen molar-refractivity contribution in [1.82, 2.24) is 10.6 Å². The molecular weight excluding hydrogens is 112 g/mol. The second-order valence-corrected chi connectivity index (χ2v) is 2.48. The van der Waals surface area contributed by atoms with Crippen LogP contribution in [0.25, 0.3) is 0 Å². The Kier molecular flexibility index (Phi) is 2.11. The van der Waals surface area contributed by atoms with E-state index in [1.807, 2.05) is 0 Å². The summed E-state index contributed by atoms with van der Waals surface area (Å²) in [6.07, 6.45) is 2.11. The molecule has 1 fully saturated rings. The molecule has 0 bridgehead atoms. The summed E-state index contributed by atoms with van der Waals surface area (Å²) in [4.78, 5) is 0. The summed E-state index contributed by atoms with van der Waals surface area (Å²) in [6.45, 7) is 6.29. The van der Waals surface area contributed by atoms with Crippen molar-refractivity contribution in [3.8, 4) is 0 Å². The Morgan fingerprint density at radius 1 is 1.67 bits per heavy atom. The first kappa shape index (κ1) is 6.62. The zero-order chi connectivity index (χ0) is 6.69. The first-order valence-corrected chi connectivity index (χ1v) is 3.45. The summed E-state index contributed by atoms with van der Waals surface area (Å²) >= 11 is 0. The molecule has 1 atom stereocenters. The van der Waals surface area contributed by atoms with Gasteiger partial charge in [-0.05, 0) is 13.8 Å². The maximum atomic E-state index is 3.35. The molecule has 1 aliphatic heterocycles. The van der Waals surface area contributed by atoms with Gasteiger partial charge in [-0.25, -0.2) is 0 Å². The fourth-order valence-corrected chi connectivity index (χ4v) is 0.907. The van der Waals surface area contributed by atoms with E-state index in [0.717, 1.165) is 13.1 Å². The largest absolute Gasteiger partial charge is 0.386 e.